The average molecular weight is 389 g/mol. The molecule has 144 valence electrons. The van der Waals surface area contributed by atoms with Gasteiger partial charge in [0.25, 0.3) is 0 Å². The topological polar surface area (TPSA) is 61.3 Å². The summed E-state index contributed by atoms with van der Waals surface area (Å²) in [6.07, 6.45) is 3.74. The van der Waals surface area contributed by atoms with Gasteiger partial charge in [-0.1, -0.05) is 31.9 Å². The number of aryl methyl sites for hydroxylation is 1. The summed E-state index contributed by atoms with van der Waals surface area (Å²) in [6.45, 7) is 6.82. The second-order valence-corrected chi connectivity index (χ2v) is 7.69. The standard InChI is InChI=1S/C21H25ClN2O3/c1-4-6-16-17(20(25)26-5-2)19(27-13-21(3)11-12-21)24-18(23-16)14-7-9-15(22)10-8-14/h7-10H,4-6,11-13H2,1-3H3. The maximum absolute atomic E-state index is 12.6. The molecule has 1 saturated carbocycles. The predicted octanol–water partition coefficient (Wildman–Crippen LogP) is 5.11. The van der Waals surface area contributed by atoms with Crippen molar-refractivity contribution < 1.29 is 14.3 Å². The molecule has 27 heavy (non-hydrogen) atoms. The van der Waals surface area contributed by atoms with E-state index in [1.54, 1.807) is 19.1 Å². The second kappa shape index (κ2) is 8.26. The first-order valence-corrected chi connectivity index (χ1v) is 9.80. The molecule has 0 N–H and O–H groups in total. The van der Waals surface area contributed by atoms with Crippen molar-refractivity contribution in [2.24, 2.45) is 5.41 Å². The Kier molecular flexibility index (Phi) is 6.00. The maximum atomic E-state index is 12.6. The molecule has 3 rings (SSSR count). The van der Waals surface area contributed by atoms with Crippen LogP contribution in [0.5, 0.6) is 5.88 Å². The van der Waals surface area contributed by atoms with Crippen molar-refractivity contribution in [3.8, 4) is 17.3 Å². The summed E-state index contributed by atoms with van der Waals surface area (Å²) in [5, 5.41) is 0.647. The van der Waals surface area contributed by atoms with Gasteiger partial charge >= 0.3 is 5.97 Å². The van der Waals surface area contributed by atoms with Gasteiger partial charge in [0, 0.05) is 16.0 Å². The van der Waals surface area contributed by atoms with Crippen molar-refractivity contribution >= 4 is 17.6 Å². The van der Waals surface area contributed by atoms with Gasteiger partial charge in [0.05, 0.1) is 18.9 Å². The third-order valence-corrected chi connectivity index (χ3v) is 4.93. The number of hydrogen-bond donors (Lipinski definition) is 0. The van der Waals surface area contributed by atoms with E-state index in [0.717, 1.165) is 24.8 Å². The Hall–Kier alpha value is -2.14. The van der Waals surface area contributed by atoms with Gasteiger partial charge in [-0.15, -0.1) is 0 Å². The van der Waals surface area contributed by atoms with E-state index >= 15 is 0 Å². The molecular weight excluding hydrogens is 364 g/mol. The third kappa shape index (κ3) is 4.78. The van der Waals surface area contributed by atoms with Crippen LogP contribution in [-0.2, 0) is 11.2 Å². The molecule has 0 unspecified atom stereocenters. The lowest BCUT2D eigenvalue weighted by molar-refractivity contribution is 0.0517. The Morgan fingerprint density at radius 2 is 1.89 bits per heavy atom. The van der Waals surface area contributed by atoms with Gasteiger partial charge in [0.1, 0.15) is 5.56 Å². The minimum absolute atomic E-state index is 0.169. The highest BCUT2D eigenvalue weighted by molar-refractivity contribution is 6.30. The molecular formula is C21H25ClN2O3. The van der Waals surface area contributed by atoms with Crippen molar-refractivity contribution in [2.45, 2.75) is 46.5 Å². The highest BCUT2D eigenvalue weighted by atomic mass is 35.5. The zero-order chi connectivity index (χ0) is 19.4. The summed E-state index contributed by atoms with van der Waals surface area (Å²) < 4.78 is 11.3. The maximum Gasteiger partial charge on any atom is 0.345 e. The van der Waals surface area contributed by atoms with Crippen molar-refractivity contribution in [1.82, 2.24) is 9.97 Å². The van der Waals surface area contributed by atoms with E-state index in [-0.39, 0.29) is 5.41 Å². The van der Waals surface area contributed by atoms with Crippen molar-refractivity contribution in [1.29, 1.82) is 0 Å². The van der Waals surface area contributed by atoms with Crippen LogP contribution < -0.4 is 4.74 Å². The molecule has 0 amide bonds. The van der Waals surface area contributed by atoms with Crippen LogP contribution in [0, 0.1) is 5.41 Å². The first-order valence-electron chi connectivity index (χ1n) is 9.42. The highest BCUT2D eigenvalue weighted by Crippen LogP contribution is 2.45. The molecule has 1 aromatic carbocycles. The van der Waals surface area contributed by atoms with Crippen LogP contribution in [0.2, 0.25) is 5.02 Å². The zero-order valence-electron chi connectivity index (χ0n) is 16.0. The monoisotopic (exact) mass is 388 g/mol. The molecule has 0 aliphatic heterocycles. The lowest BCUT2D eigenvalue weighted by atomic mass is 10.1. The second-order valence-electron chi connectivity index (χ2n) is 7.25. The van der Waals surface area contributed by atoms with Gasteiger partial charge in [-0.05, 0) is 50.5 Å². The van der Waals surface area contributed by atoms with Crippen LogP contribution in [0.4, 0.5) is 0 Å². The van der Waals surface area contributed by atoms with Crippen molar-refractivity contribution in [2.75, 3.05) is 13.2 Å². The van der Waals surface area contributed by atoms with E-state index < -0.39 is 5.97 Å². The van der Waals surface area contributed by atoms with Gasteiger partial charge in [-0.2, -0.15) is 4.98 Å². The molecule has 0 radical (unpaired) electrons. The van der Waals surface area contributed by atoms with Crippen LogP contribution in [-0.4, -0.2) is 29.2 Å². The normalized spacial score (nSPS) is 14.7. The van der Waals surface area contributed by atoms with Crippen LogP contribution >= 0.6 is 11.6 Å². The Morgan fingerprint density at radius 1 is 1.19 bits per heavy atom. The highest BCUT2D eigenvalue weighted by Gasteiger charge is 2.39. The molecule has 0 atom stereocenters. The lowest BCUT2D eigenvalue weighted by Gasteiger charge is -2.17. The fraction of sp³-hybridized carbons (Fsp3) is 0.476. The predicted molar refractivity (Wildman–Crippen MR) is 105 cm³/mol. The molecule has 0 bridgehead atoms. The Bertz CT molecular complexity index is 817. The summed E-state index contributed by atoms with van der Waals surface area (Å²) >= 11 is 5.99. The van der Waals surface area contributed by atoms with E-state index in [0.29, 0.717) is 47.6 Å². The quantitative estimate of drug-likeness (QED) is 0.588. The molecule has 1 aromatic heterocycles. The number of carbonyl (C=O) groups is 1. The molecule has 0 spiro atoms. The number of hydrogen-bond acceptors (Lipinski definition) is 5. The van der Waals surface area contributed by atoms with Gasteiger partial charge < -0.3 is 9.47 Å². The Balaban J connectivity index is 2.05. The summed E-state index contributed by atoms with van der Waals surface area (Å²) in [5.41, 5.74) is 2.00. The fourth-order valence-corrected chi connectivity index (χ4v) is 2.87. The van der Waals surface area contributed by atoms with E-state index in [9.17, 15) is 4.79 Å². The number of ether oxygens (including phenoxy) is 2. The lowest BCUT2D eigenvalue weighted by Crippen LogP contribution is -2.17. The number of nitrogens with zero attached hydrogens (tertiary/aromatic N) is 2. The zero-order valence-corrected chi connectivity index (χ0v) is 16.8. The first kappa shape index (κ1) is 19.6. The van der Waals surface area contributed by atoms with E-state index in [2.05, 4.69) is 16.9 Å². The van der Waals surface area contributed by atoms with Crippen LogP contribution in [0.1, 0.15) is 56.1 Å². The molecule has 2 aromatic rings. The largest absolute Gasteiger partial charge is 0.476 e. The average Bonchev–Trinajstić information content (AvgIpc) is 3.38. The summed E-state index contributed by atoms with van der Waals surface area (Å²) in [7, 11) is 0. The molecule has 1 heterocycles. The van der Waals surface area contributed by atoms with Crippen LogP contribution in [0.25, 0.3) is 11.4 Å². The fourth-order valence-electron chi connectivity index (χ4n) is 2.74. The van der Waals surface area contributed by atoms with Gasteiger partial charge in [0.15, 0.2) is 5.82 Å². The number of benzene rings is 1. The minimum Gasteiger partial charge on any atom is -0.476 e. The molecule has 1 aliphatic carbocycles. The van der Waals surface area contributed by atoms with Gasteiger partial charge in [0.2, 0.25) is 5.88 Å². The van der Waals surface area contributed by atoms with Crippen molar-refractivity contribution in [3.63, 3.8) is 0 Å². The number of halogens is 1. The number of carbonyl (C=O) groups excluding carboxylic acids is 1. The summed E-state index contributed by atoms with van der Waals surface area (Å²) in [4.78, 5) is 21.8. The molecule has 6 heteroatoms. The minimum atomic E-state index is -0.431. The van der Waals surface area contributed by atoms with Crippen molar-refractivity contribution in [3.05, 3.63) is 40.5 Å². The Labute approximate surface area is 165 Å². The third-order valence-electron chi connectivity index (χ3n) is 4.68. The van der Waals surface area contributed by atoms with E-state index in [1.165, 1.54) is 0 Å². The molecule has 5 nitrogen and oxygen atoms in total. The number of aromatic nitrogens is 2. The Morgan fingerprint density at radius 3 is 2.48 bits per heavy atom. The first-order chi connectivity index (χ1) is 13.0. The molecule has 1 fully saturated rings. The SMILES string of the molecule is CCCc1nc(-c2ccc(Cl)cc2)nc(OCC2(C)CC2)c1C(=O)OCC. The smallest absolute Gasteiger partial charge is 0.345 e. The molecule has 1 aliphatic rings. The van der Waals surface area contributed by atoms with E-state index in [4.69, 9.17) is 21.1 Å². The number of esters is 1. The van der Waals surface area contributed by atoms with Gasteiger partial charge in [-0.25, -0.2) is 9.78 Å². The molecule has 0 saturated heterocycles. The number of rotatable bonds is 8. The van der Waals surface area contributed by atoms with Gasteiger partial charge in [-0.3, -0.25) is 0 Å². The van der Waals surface area contributed by atoms with Crippen LogP contribution in [0.15, 0.2) is 24.3 Å². The summed E-state index contributed by atoms with van der Waals surface area (Å²) in [5.74, 6) is 0.406. The van der Waals surface area contributed by atoms with Crippen LogP contribution in [0.3, 0.4) is 0 Å². The summed E-state index contributed by atoms with van der Waals surface area (Å²) in [6, 6.07) is 7.32. The van der Waals surface area contributed by atoms with E-state index in [1.807, 2.05) is 19.1 Å².